The number of nitrogen functional groups attached to an aromatic ring is 1. The maximum Gasteiger partial charge on any atom is 0.135 e. The largest absolute Gasteiger partial charge is 0.495 e. The molecule has 0 unspecified atom stereocenters. The smallest absolute Gasteiger partial charge is 0.135 e. The molecule has 0 aliphatic heterocycles. The predicted octanol–water partition coefficient (Wildman–Crippen LogP) is 3.92. The molecule has 0 heterocycles. The normalized spacial score (nSPS) is 10.2. The van der Waals surface area contributed by atoms with Crippen LogP contribution in [0.5, 0.6) is 5.75 Å². The van der Waals surface area contributed by atoms with E-state index in [9.17, 15) is 4.39 Å². The lowest BCUT2D eigenvalue weighted by atomic mass is 10.2. The Bertz CT molecular complexity index is 575. The minimum absolute atomic E-state index is 0.337. The molecule has 5 heteroatoms. The van der Waals surface area contributed by atoms with Gasteiger partial charge in [-0.25, -0.2) is 4.39 Å². The fourth-order valence-electron chi connectivity index (χ4n) is 1.53. The van der Waals surface area contributed by atoms with Crippen molar-refractivity contribution in [2.75, 3.05) is 18.2 Å². The Morgan fingerprint density at radius 2 is 2.00 bits per heavy atom. The molecule has 2 aromatic rings. The summed E-state index contributed by atoms with van der Waals surface area (Å²) in [7, 11) is 1.58. The number of hydrogen-bond donors (Lipinski definition) is 2. The second kappa shape index (κ2) is 5.27. The molecule has 0 aromatic heterocycles. The van der Waals surface area contributed by atoms with Gasteiger partial charge in [0.2, 0.25) is 0 Å². The Morgan fingerprint density at radius 1 is 1.22 bits per heavy atom. The van der Waals surface area contributed by atoms with Crippen LogP contribution in [0.2, 0.25) is 0 Å². The van der Waals surface area contributed by atoms with Crippen molar-refractivity contribution >= 4 is 33.0 Å². The lowest BCUT2D eigenvalue weighted by Gasteiger charge is -2.11. The number of ether oxygens (including phenoxy) is 1. The standard InChI is InChI=1S/C13H12BrFN2O/c1-18-13-7-9(3-4-10(13)14)17-12-6-8(15)2-5-11(12)16/h2-7,17H,16H2,1H3. The second-order valence-corrected chi connectivity index (χ2v) is 4.56. The zero-order chi connectivity index (χ0) is 13.1. The van der Waals surface area contributed by atoms with Gasteiger partial charge in [-0.2, -0.15) is 0 Å². The summed E-state index contributed by atoms with van der Waals surface area (Å²) in [5.41, 5.74) is 7.55. The van der Waals surface area contributed by atoms with Gasteiger partial charge in [-0.05, 0) is 46.3 Å². The fraction of sp³-hybridized carbons (Fsp3) is 0.0769. The number of nitrogens with one attached hydrogen (secondary N) is 1. The third kappa shape index (κ3) is 2.73. The Kier molecular flexibility index (Phi) is 3.72. The summed E-state index contributed by atoms with van der Waals surface area (Å²) in [6.45, 7) is 0. The van der Waals surface area contributed by atoms with Gasteiger partial charge >= 0.3 is 0 Å². The van der Waals surface area contributed by atoms with Crippen LogP contribution in [0, 0.1) is 5.82 Å². The van der Waals surface area contributed by atoms with E-state index in [1.807, 2.05) is 12.1 Å². The Morgan fingerprint density at radius 3 is 2.72 bits per heavy atom. The molecule has 0 amide bonds. The van der Waals surface area contributed by atoms with E-state index in [4.69, 9.17) is 10.5 Å². The van der Waals surface area contributed by atoms with Crippen molar-refractivity contribution in [1.82, 2.24) is 0 Å². The molecule has 3 nitrogen and oxygen atoms in total. The van der Waals surface area contributed by atoms with Crippen LogP contribution in [0.25, 0.3) is 0 Å². The number of hydrogen-bond acceptors (Lipinski definition) is 3. The highest BCUT2D eigenvalue weighted by Crippen LogP contribution is 2.30. The lowest BCUT2D eigenvalue weighted by Crippen LogP contribution is -1.97. The van der Waals surface area contributed by atoms with E-state index in [0.29, 0.717) is 17.1 Å². The topological polar surface area (TPSA) is 47.3 Å². The van der Waals surface area contributed by atoms with Gasteiger partial charge in [0.15, 0.2) is 0 Å². The molecular formula is C13H12BrFN2O. The highest BCUT2D eigenvalue weighted by Gasteiger charge is 2.05. The molecule has 0 aliphatic rings. The van der Waals surface area contributed by atoms with Crippen LogP contribution in [0.1, 0.15) is 0 Å². The maximum atomic E-state index is 13.1. The molecule has 0 atom stereocenters. The van der Waals surface area contributed by atoms with Crippen molar-refractivity contribution in [3.63, 3.8) is 0 Å². The minimum atomic E-state index is -0.337. The lowest BCUT2D eigenvalue weighted by molar-refractivity contribution is 0.412. The molecule has 0 bridgehead atoms. The van der Waals surface area contributed by atoms with Crippen molar-refractivity contribution in [1.29, 1.82) is 0 Å². The van der Waals surface area contributed by atoms with Crippen molar-refractivity contribution in [3.8, 4) is 5.75 Å². The summed E-state index contributed by atoms with van der Waals surface area (Å²) in [4.78, 5) is 0. The van der Waals surface area contributed by atoms with E-state index in [1.165, 1.54) is 18.2 Å². The molecule has 18 heavy (non-hydrogen) atoms. The highest BCUT2D eigenvalue weighted by atomic mass is 79.9. The second-order valence-electron chi connectivity index (χ2n) is 3.71. The molecular weight excluding hydrogens is 299 g/mol. The third-order valence-corrected chi connectivity index (χ3v) is 3.10. The summed E-state index contributed by atoms with van der Waals surface area (Å²) < 4.78 is 19.2. The first-order valence-corrected chi connectivity index (χ1v) is 6.05. The SMILES string of the molecule is COc1cc(Nc2cc(F)ccc2N)ccc1Br. The van der Waals surface area contributed by atoms with E-state index in [1.54, 1.807) is 13.2 Å². The van der Waals surface area contributed by atoms with E-state index >= 15 is 0 Å². The van der Waals surface area contributed by atoms with Gasteiger partial charge in [0, 0.05) is 11.8 Å². The zero-order valence-electron chi connectivity index (χ0n) is 9.71. The van der Waals surface area contributed by atoms with Gasteiger partial charge in [-0.3, -0.25) is 0 Å². The number of nitrogens with two attached hydrogens (primary N) is 1. The zero-order valence-corrected chi connectivity index (χ0v) is 11.3. The number of rotatable bonds is 3. The summed E-state index contributed by atoms with van der Waals surface area (Å²) in [6, 6.07) is 9.68. The van der Waals surface area contributed by atoms with Crippen LogP contribution in [-0.4, -0.2) is 7.11 Å². The Labute approximate surface area is 113 Å². The summed E-state index contributed by atoms with van der Waals surface area (Å²) in [5, 5.41) is 3.05. The van der Waals surface area contributed by atoms with E-state index in [2.05, 4.69) is 21.2 Å². The minimum Gasteiger partial charge on any atom is -0.495 e. The quantitative estimate of drug-likeness (QED) is 0.845. The first-order valence-electron chi connectivity index (χ1n) is 5.26. The average molecular weight is 311 g/mol. The summed E-state index contributed by atoms with van der Waals surface area (Å²) in [6.07, 6.45) is 0. The van der Waals surface area contributed by atoms with Crippen molar-refractivity contribution in [2.24, 2.45) is 0 Å². The molecule has 3 N–H and O–H groups in total. The number of methoxy groups -OCH3 is 1. The van der Waals surface area contributed by atoms with Gasteiger partial charge in [0.05, 0.1) is 23.0 Å². The molecule has 0 fully saturated rings. The molecule has 2 rings (SSSR count). The van der Waals surface area contributed by atoms with E-state index < -0.39 is 0 Å². The molecule has 0 saturated carbocycles. The van der Waals surface area contributed by atoms with Crippen LogP contribution in [0.4, 0.5) is 21.5 Å². The first kappa shape index (κ1) is 12.7. The predicted molar refractivity (Wildman–Crippen MR) is 74.8 cm³/mol. The van der Waals surface area contributed by atoms with Crippen molar-refractivity contribution in [3.05, 3.63) is 46.7 Å². The fourth-order valence-corrected chi connectivity index (χ4v) is 1.94. The van der Waals surface area contributed by atoms with Gasteiger partial charge in [-0.1, -0.05) is 0 Å². The van der Waals surface area contributed by atoms with Crippen molar-refractivity contribution < 1.29 is 9.13 Å². The molecule has 0 saturated heterocycles. The van der Waals surface area contributed by atoms with Gasteiger partial charge < -0.3 is 15.8 Å². The molecule has 0 radical (unpaired) electrons. The summed E-state index contributed by atoms with van der Waals surface area (Å²) >= 11 is 3.36. The van der Waals surface area contributed by atoms with Gasteiger partial charge in [0.1, 0.15) is 11.6 Å². The summed E-state index contributed by atoms with van der Waals surface area (Å²) in [5.74, 6) is 0.353. The Hall–Kier alpha value is -1.75. The maximum absolute atomic E-state index is 13.1. The molecule has 0 aliphatic carbocycles. The number of halogens is 2. The van der Waals surface area contributed by atoms with Crippen LogP contribution >= 0.6 is 15.9 Å². The average Bonchev–Trinajstić information content (AvgIpc) is 2.36. The first-order chi connectivity index (χ1) is 8.60. The van der Waals surface area contributed by atoms with Crippen LogP contribution < -0.4 is 15.8 Å². The van der Waals surface area contributed by atoms with E-state index in [0.717, 1.165) is 10.2 Å². The van der Waals surface area contributed by atoms with Crippen LogP contribution in [0.15, 0.2) is 40.9 Å². The van der Waals surface area contributed by atoms with Crippen LogP contribution in [-0.2, 0) is 0 Å². The molecule has 94 valence electrons. The number of anilines is 3. The Balaban J connectivity index is 2.31. The van der Waals surface area contributed by atoms with Gasteiger partial charge in [0.25, 0.3) is 0 Å². The molecule has 0 spiro atoms. The van der Waals surface area contributed by atoms with Crippen LogP contribution in [0.3, 0.4) is 0 Å². The number of benzene rings is 2. The van der Waals surface area contributed by atoms with Crippen molar-refractivity contribution in [2.45, 2.75) is 0 Å². The van der Waals surface area contributed by atoms with E-state index in [-0.39, 0.29) is 5.82 Å². The highest BCUT2D eigenvalue weighted by molar-refractivity contribution is 9.10. The van der Waals surface area contributed by atoms with Gasteiger partial charge in [-0.15, -0.1) is 0 Å². The monoisotopic (exact) mass is 310 g/mol. The third-order valence-electron chi connectivity index (χ3n) is 2.45. The molecule has 2 aromatic carbocycles.